The SMILES string of the molecule is C1CC(CN2CC3CCC2CC3)N1. The number of nitrogens with one attached hydrogen (secondary N) is 1. The molecular formula is C11H20N2. The van der Waals surface area contributed by atoms with Crippen LogP contribution in [0.3, 0.4) is 0 Å². The van der Waals surface area contributed by atoms with Crippen LogP contribution >= 0.6 is 0 Å². The fourth-order valence-electron chi connectivity index (χ4n) is 3.18. The third-order valence-electron chi connectivity index (χ3n) is 4.21. The first-order valence-corrected chi connectivity index (χ1v) is 5.89. The summed E-state index contributed by atoms with van der Waals surface area (Å²) in [7, 11) is 0. The molecule has 1 aliphatic carbocycles. The number of hydrogen-bond donors (Lipinski definition) is 1. The smallest absolute Gasteiger partial charge is 0.0207 e. The summed E-state index contributed by atoms with van der Waals surface area (Å²) in [4.78, 5) is 2.76. The average Bonchev–Trinajstić information content (AvgIpc) is 2.14. The molecule has 13 heavy (non-hydrogen) atoms. The molecule has 4 aliphatic rings. The molecule has 3 aliphatic heterocycles. The zero-order valence-electron chi connectivity index (χ0n) is 8.34. The Morgan fingerprint density at radius 3 is 2.31 bits per heavy atom. The number of fused-ring (bicyclic) bond motifs is 3. The van der Waals surface area contributed by atoms with Crippen molar-refractivity contribution in [3.8, 4) is 0 Å². The van der Waals surface area contributed by atoms with Gasteiger partial charge in [-0.25, -0.2) is 0 Å². The lowest BCUT2D eigenvalue weighted by molar-refractivity contribution is 0.0347. The second kappa shape index (κ2) is 3.25. The van der Waals surface area contributed by atoms with Crippen molar-refractivity contribution in [2.24, 2.45) is 5.92 Å². The second-order valence-corrected chi connectivity index (χ2v) is 5.07. The van der Waals surface area contributed by atoms with Gasteiger partial charge in [-0.3, -0.25) is 4.90 Å². The molecule has 1 N–H and O–H groups in total. The van der Waals surface area contributed by atoms with E-state index in [0.29, 0.717) is 0 Å². The zero-order valence-corrected chi connectivity index (χ0v) is 8.34. The minimum Gasteiger partial charge on any atom is -0.313 e. The lowest BCUT2D eigenvalue weighted by Crippen LogP contribution is -2.56. The quantitative estimate of drug-likeness (QED) is 0.687. The van der Waals surface area contributed by atoms with E-state index in [1.165, 1.54) is 51.7 Å². The molecular weight excluding hydrogens is 160 g/mol. The maximum absolute atomic E-state index is 3.51. The summed E-state index contributed by atoms with van der Waals surface area (Å²) >= 11 is 0. The summed E-state index contributed by atoms with van der Waals surface area (Å²) in [5.74, 6) is 1.05. The summed E-state index contributed by atoms with van der Waals surface area (Å²) in [6.45, 7) is 4.00. The second-order valence-electron chi connectivity index (χ2n) is 5.07. The standard InChI is InChI=1S/C11H20N2/c1-3-11-4-2-9(1)7-13(11)8-10-5-6-12-10/h9-12H,1-8H2. The molecule has 0 spiro atoms. The molecule has 2 bridgehead atoms. The van der Waals surface area contributed by atoms with Crippen molar-refractivity contribution >= 4 is 0 Å². The molecule has 0 amide bonds. The molecule has 1 unspecified atom stereocenters. The van der Waals surface area contributed by atoms with Crippen molar-refractivity contribution in [3.05, 3.63) is 0 Å². The molecule has 4 fully saturated rings. The molecule has 1 atom stereocenters. The Balaban J connectivity index is 1.58. The highest BCUT2D eigenvalue weighted by Crippen LogP contribution is 2.34. The van der Waals surface area contributed by atoms with Crippen LogP contribution in [-0.2, 0) is 0 Å². The first-order chi connectivity index (χ1) is 6.42. The normalized spacial score (nSPS) is 44.8. The Morgan fingerprint density at radius 1 is 1.08 bits per heavy atom. The van der Waals surface area contributed by atoms with Crippen LogP contribution in [-0.4, -0.2) is 36.6 Å². The van der Waals surface area contributed by atoms with Gasteiger partial charge in [-0.2, -0.15) is 0 Å². The summed E-state index contributed by atoms with van der Waals surface area (Å²) < 4.78 is 0. The Hall–Kier alpha value is -0.0800. The van der Waals surface area contributed by atoms with Gasteiger partial charge in [0.2, 0.25) is 0 Å². The van der Waals surface area contributed by atoms with E-state index >= 15 is 0 Å². The Bertz CT molecular complexity index is 181. The van der Waals surface area contributed by atoms with Gasteiger partial charge >= 0.3 is 0 Å². The first-order valence-electron chi connectivity index (χ1n) is 5.89. The van der Waals surface area contributed by atoms with E-state index in [4.69, 9.17) is 0 Å². The minimum atomic E-state index is 0.833. The van der Waals surface area contributed by atoms with Gasteiger partial charge in [0.05, 0.1) is 0 Å². The van der Waals surface area contributed by atoms with Gasteiger partial charge in [0.25, 0.3) is 0 Å². The predicted octanol–water partition coefficient (Wildman–Crippen LogP) is 1.22. The highest BCUT2D eigenvalue weighted by Gasteiger charge is 2.35. The van der Waals surface area contributed by atoms with Crippen LogP contribution in [0.2, 0.25) is 0 Å². The van der Waals surface area contributed by atoms with Crippen molar-refractivity contribution in [1.82, 2.24) is 10.2 Å². The van der Waals surface area contributed by atoms with Gasteiger partial charge < -0.3 is 5.32 Å². The van der Waals surface area contributed by atoms with Crippen LogP contribution < -0.4 is 5.32 Å². The number of rotatable bonds is 2. The Morgan fingerprint density at radius 2 is 1.85 bits per heavy atom. The van der Waals surface area contributed by atoms with E-state index in [1.54, 1.807) is 0 Å². The van der Waals surface area contributed by atoms with Crippen LogP contribution in [0.5, 0.6) is 0 Å². The van der Waals surface area contributed by atoms with E-state index in [9.17, 15) is 0 Å². The molecule has 0 aromatic heterocycles. The minimum absolute atomic E-state index is 0.833. The summed E-state index contributed by atoms with van der Waals surface area (Å²) in [5.41, 5.74) is 0. The lowest BCUT2D eigenvalue weighted by atomic mass is 9.79. The fraction of sp³-hybridized carbons (Fsp3) is 1.00. The molecule has 2 heteroatoms. The van der Waals surface area contributed by atoms with Gasteiger partial charge in [-0.15, -0.1) is 0 Å². The zero-order chi connectivity index (χ0) is 8.67. The third-order valence-corrected chi connectivity index (χ3v) is 4.21. The Labute approximate surface area is 80.7 Å². The third kappa shape index (κ3) is 1.50. The monoisotopic (exact) mass is 180 g/mol. The van der Waals surface area contributed by atoms with E-state index in [1.807, 2.05) is 0 Å². The molecule has 1 saturated carbocycles. The van der Waals surface area contributed by atoms with E-state index < -0.39 is 0 Å². The van der Waals surface area contributed by atoms with Crippen LogP contribution in [0.15, 0.2) is 0 Å². The van der Waals surface area contributed by atoms with E-state index in [2.05, 4.69) is 10.2 Å². The highest BCUT2D eigenvalue weighted by molar-refractivity contribution is 4.91. The molecule has 0 aromatic carbocycles. The Kier molecular flexibility index (Phi) is 2.06. The van der Waals surface area contributed by atoms with Gasteiger partial charge in [0.1, 0.15) is 0 Å². The van der Waals surface area contributed by atoms with E-state index in [-0.39, 0.29) is 0 Å². The molecule has 3 saturated heterocycles. The topological polar surface area (TPSA) is 15.3 Å². The molecule has 2 nitrogen and oxygen atoms in total. The van der Waals surface area contributed by atoms with E-state index in [0.717, 1.165) is 18.0 Å². The van der Waals surface area contributed by atoms with Gasteiger partial charge in [-0.1, -0.05) is 0 Å². The molecule has 0 radical (unpaired) electrons. The van der Waals surface area contributed by atoms with Gasteiger partial charge in [-0.05, 0) is 44.6 Å². The van der Waals surface area contributed by atoms with Crippen molar-refractivity contribution in [2.75, 3.05) is 19.6 Å². The van der Waals surface area contributed by atoms with Crippen molar-refractivity contribution < 1.29 is 0 Å². The maximum Gasteiger partial charge on any atom is 0.0207 e. The molecule has 74 valence electrons. The maximum atomic E-state index is 3.51. The number of hydrogen-bond acceptors (Lipinski definition) is 2. The average molecular weight is 180 g/mol. The van der Waals surface area contributed by atoms with Crippen molar-refractivity contribution in [1.29, 1.82) is 0 Å². The van der Waals surface area contributed by atoms with Gasteiger partial charge in [0, 0.05) is 25.2 Å². The highest BCUT2D eigenvalue weighted by atomic mass is 15.2. The molecule has 4 rings (SSSR count). The van der Waals surface area contributed by atoms with Crippen LogP contribution in [0, 0.1) is 5.92 Å². The lowest BCUT2D eigenvalue weighted by Gasteiger charge is -2.47. The molecule has 0 aromatic rings. The molecule has 3 heterocycles. The summed E-state index contributed by atoms with van der Waals surface area (Å²) in [5, 5.41) is 3.51. The first kappa shape index (κ1) is 8.25. The summed E-state index contributed by atoms with van der Waals surface area (Å²) in [6, 6.07) is 1.78. The van der Waals surface area contributed by atoms with Crippen LogP contribution in [0.25, 0.3) is 0 Å². The predicted molar refractivity (Wildman–Crippen MR) is 53.7 cm³/mol. The number of nitrogens with zero attached hydrogens (tertiary/aromatic N) is 1. The van der Waals surface area contributed by atoms with Crippen molar-refractivity contribution in [2.45, 2.75) is 44.2 Å². The van der Waals surface area contributed by atoms with Crippen molar-refractivity contribution in [3.63, 3.8) is 0 Å². The van der Waals surface area contributed by atoms with Gasteiger partial charge in [0.15, 0.2) is 0 Å². The van der Waals surface area contributed by atoms with Crippen LogP contribution in [0.4, 0.5) is 0 Å². The number of piperidine rings is 2. The van der Waals surface area contributed by atoms with Crippen LogP contribution in [0.1, 0.15) is 32.1 Å². The fourth-order valence-corrected chi connectivity index (χ4v) is 3.18. The summed E-state index contributed by atoms with van der Waals surface area (Å²) in [6.07, 6.45) is 7.40. The largest absolute Gasteiger partial charge is 0.313 e.